The second kappa shape index (κ2) is 7.31. The molecule has 0 radical (unpaired) electrons. The number of nitrogens with zero attached hydrogens (tertiary/aromatic N) is 1. The van der Waals surface area contributed by atoms with Gasteiger partial charge in [-0.25, -0.2) is 4.79 Å². The lowest BCUT2D eigenvalue weighted by molar-refractivity contribution is 0.0697. The number of carboxylic acid groups (broad SMARTS) is 1. The molecule has 0 spiro atoms. The lowest BCUT2D eigenvalue weighted by atomic mass is 9.89. The molecule has 3 aromatic rings. The third kappa shape index (κ3) is 3.35. The number of hydrogen-bond acceptors (Lipinski definition) is 4. The molecule has 0 fully saturated rings. The Labute approximate surface area is 164 Å². The number of aromatic carboxylic acids is 1. The highest BCUT2D eigenvalue weighted by atomic mass is 35.5. The van der Waals surface area contributed by atoms with Gasteiger partial charge in [0.15, 0.2) is 0 Å². The van der Waals surface area contributed by atoms with Gasteiger partial charge in [0.05, 0.1) is 11.1 Å². The minimum Gasteiger partial charge on any atom is -0.478 e. The van der Waals surface area contributed by atoms with Crippen molar-refractivity contribution in [2.45, 2.75) is 4.90 Å². The molecular formula is C20H13ClN2O3S. The standard InChI is InChI=1S/C20H13ClN2O3S/c1-27-17-8-15(16(20(25)26)7-11(17)9-22)18-13-5-3-12(21)6-10(13)2-4-14(18)19(23)24/h2-8H,1H3,(H2,23,24)(H,25,26). The largest absolute Gasteiger partial charge is 0.478 e. The maximum atomic E-state index is 12.1. The highest BCUT2D eigenvalue weighted by Gasteiger charge is 2.22. The van der Waals surface area contributed by atoms with Crippen LogP contribution in [0.1, 0.15) is 26.3 Å². The van der Waals surface area contributed by atoms with Crippen molar-refractivity contribution in [3.63, 3.8) is 0 Å². The zero-order chi connectivity index (χ0) is 19.7. The Bertz CT molecular complexity index is 1150. The van der Waals surface area contributed by atoms with Crippen molar-refractivity contribution in [2.24, 2.45) is 5.73 Å². The molecule has 0 aromatic heterocycles. The average molecular weight is 397 g/mol. The van der Waals surface area contributed by atoms with Crippen LogP contribution in [0.25, 0.3) is 21.9 Å². The molecule has 134 valence electrons. The van der Waals surface area contributed by atoms with Crippen molar-refractivity contribution < 1.29 is 14.7 Å². The van der Waals surface area contributed by atoms with E-state index in [1.165, 1.54) is 17.8 Å². The molecule has 3 aromatic carbocycles. The fourth-order valence-electron chi connectivity index (χ4n) is 3.02. The number of thioether (sulfide) groups is 1. The first kappa shape index (κ1) is 18.8. The number of carbonyl (C=O) groups is 2. The van der Waals surface area contributed by atoms with Gasteiger partial charge >= 0.3 is 5.97 Å². The first-order valence-corrected chi connectivity index (χ1v) is 9.35. The number of halogens is 1. The van der Waals surface area contributed by atoms with Gasteiger partial charge in [-0.2, -0.15) is 5.26 Å². The van der Waals surface area contributed by atoms with Crippen LogP contribution in [0.15, 0.2) is 47.4 Å². The molecule has 3 rings (SSSR count). The number of hydrogen-bond donors (Lipinski definition) is 2. The second-order valence-corrected chi connectivity index (χ2v) is 7.02. The maximum Gasteiger partial charge on any atom is 0.336 e. The van der Waals surface area contributed by atoms with E-state index >= 15 is 0 Å². The van der Waals surface area contributed by atoms with Gasteiger partial charge in [-0.15, -0.1) is 11.8 Å². The summed E-state index contributed by atoms with van der Waals surface area (Å²) in [5.74, 6) is -1.87. The summed E-state index contributed by atoms with van der Waals surface area (Å²) < 4.78 is 0. The monoisotopic (exact) mass is 396 g/mol. The molecular weight excluding hydrogens is 384 g/mol. The molecule has 0 saturated heterocycles. The van der Waals surface area contributed by atoms with Crippen LogP contribution in [-0.4, -0.2) is 23.2 Å². The van der Waals surface area contributed by atoms with E-state index in [-0.39, 0.29) is 16.7 Å². The zero-order valence-electron chi connectivity index (χ0n) is 14.1. The van der Waals surface area contributed by atoms with Crippen molar-refractivity contribution in [2.75, 3.05) is 6.26 Å². The number of carboxylic acids is 1. The van der Waals surface area contributed by atoms with Crippen LogP contribution in [0, 0.1) is 11.3 Å². The van der Waals surface area contributed by atoms with Crippen LogP contribution < -0.4 is 5.73 Å². The van der Waals surface area contributed by atoms with Crippen molar-refractivity contribution in [1.29, 1.82) is 5.26 Å². The molecule has 0 saturated carbocycles. The quantitative estimate of drug-likeness (QED) is 0.629. The van der Waals surface area contributed by atoms with Crippen LogP contribution in [0.3, 0.4) is 0 Å². The summed E-state index contributed by atoms with van der Waals surface area (Å²) in [6.07, 6.45) is 1.79. The number of fused-ring (bicyclic) bond motifs is 1. The van der Waals surface area contributed by atoms with Crippen LogP contribution >= 0.6 is 23.4 Å². The Hall–Kier alpha value is -3.01. The van der Waals surface area contributed by atoms with Crippen LogP contribution in [0.4, 0.5) is 0 Å². The molecule has 0 atom stereocenters. The Morgan fingerprint density at radius 1 is 1.15 bits per heavy atom. The molecule has 7 heteroatoms. The lowest BCUT2D eigenvalue weighted by Crippen LogP contribution is -2.13. The predicted octanol–water partition coefficient (Wildman–Crippen LogP) is 4.55. The van der Waals surface area contributed by atoms with Crippen molar-refractivity contribution in [1.82, 2.24) is 0 Å². The lowest BCUT2D eigenvalue weighted by Gasteiger charge is -2.16. The van der Waals surface area contributed by atoms with Gasteiger partial charge in [-0.3, -0.25) is 4.79 Å². The fraction of sp³-hybridized carbons (Fsp3) is 0.0500. The number of benzene rings is 3. The first-order valence-electron chi connectivity index (χ1n) is 7.75. The van der Waals surface area contributed by atoms with Gasteiger partial charge in [0.1, 0.15) is 6.07 Å². The van der Waals surface area contributed by atoms with Crippen LogP contribution in [0.2, 0.25) is 5.02 Å². The number of rotatable bonds is 4. The zero-order valence-corrected chi connectivity index (χ0v) is 15.7. The normalized spacial score (nSPS) is 10.6. The highest BCUT2D eigenvalue weighted by molar-refractivity contribution is 7.98. The third-order valence-corrected chi connectivity index (χ3v) is 5.22. The topological polar surface area (TPSA) is 104 Å². The molecule has 0 aliphatic rings. The molecule has 0 unspecified atom stereocenters. The van der Waals surface area contributed by atoms with Gasteiger partial charge in [0.2, 0.25) is 5.91 Å². The first-order chi connectivity index (χ1) is 12.9. The smallest absolute Gasteiger partial charge is 0.336 e. The van der Waals surface area contributed by atoms with Crippen molar-refractivity contribution in [3.05, 3.63) is 64.2 Å². The van der Waals surface area contributed by atoms with E-state index < -0.39 is 11.9 Å². The summed E-state index contributed by atoms with van der Waals surface area (Å²) in [7, 11) is 0. The Morgan fingerprint density at radius 2 is 1.89 bits per heavy atom. The van der Waals surface area contributed by atoms with Gasteiger partial charge in [-0.1, -0.05) is 23.7 Å². The third-order valence-electron chi connectivity index (χ3n) is 4.21. The summed E-state index contributed by atoms with van der Waals surface area (Å²) in [6.45, 7) is 0. The van der Waals surface area contributed by atoms with Crippen LogP contribution in [0.5, 0.6) is 0 Å². The summed E-state index contributed by atoms with van der Waals surface area (Å²) >= 11 is 7.38. The number of amides is 1. The molecule has 27 heavy (non-hydrogen) atoms. The SMILES string of the molecule is CSc1cc(-c2c(C(N)=O)ccc3cc(Cl)ccc23)c(C(=O)O)cc1C#N. The van der Waals surface area contributed by atoms with Gasteiger partial charge in [-0.05, 0) is 52.9 Å². The summed E-state index contributed by atoms with van der Waals surface area (Å²) in [6, 6.07) is 13.3. The van der Waals surface area contributed by atoms with E-state index in [9.17, 15) is 20.0 Å². The van der Waals surface area contributed by atoms with Crippen molar-refractivity contribution >= 4 is 46.0 Å². The van der Waals surface area contributed by atoms with E-state index in [1.807, 2.05) is 6.07 Å². The maximum absolute atomic E-state index is 12.1. The van der Waals surface area contributed by atoms with E-state index in [0.717, 1.165) is 5.39 Å². The average Bonchev–Trinajstić information content (AvgIpc) is 2.65. The number of carbonyl (C=O) groups excluding carboxylic acids is 1. The van der Waals surface area contributed by atoms with Gasteiger partial charge in [0.25, 0.3) is 0 Å². The molecule has 3 N–H and O–H groups in total. The van der Waals surface area contributed by atoms with Gasteiger partial charge < -0.3 is 10.8 Å². The molecule has 0 heterocycles. The molecule has 0 aliphatic heterocycles. The molecule has 1 amide bonds. The van der Waals surface area contributed by atoms with Crippen LogP contribution in [-0.2, 0) is 0 Å². The van der Waals surface area contributed by atoms with E-state index in [0.29, 0.717) is 26.4 Å². The number of nitriles is 1. The van der Waals surface area contributed by atoms with E-state index in [4.69, 9.17) is 17.3 Å². The number of primary amides is 1. The molecule has 0 bridgehead atoms. The minimum absolute atomic E-state index is 0.0747. The fourth-order valence-corrected chi connectivity index (χ4v) is 3.76. The summed E-state index contributed by atoms with van der Waals surface area (Å²) in [5, 5.41) is 20.9. The minimum atomic E-state index is -1.20. The Balaban J connectivity index is 2.51. The summed E-state index contributed by atoms with van der Waals surface area (Å²) in [5.41, 5.74) is 6.67. The predicted molar refractivity (Wildman–Crippen MR) is 106 cm³/mol. The second-order valence-electron chi connectivity index (χ2n) is 5.73. The Morgan fingerprint density at radius 3 is 2.48 bits per heavy atom. The summed E-state index contributed by atoms with van der Waals surface area (Å²) in [4.78, 5) is 24.5. The molecule has 5 nitrogen and oxygen atoms in total. The van der Waals surface area contributed by atoms with Crippen molar-refractivity contribution in [3.8, 4) is 17.2 Å². The number of nitrogens with two attached hydrogens (primary N) is 1. The van der Waals surface area contributed by atoms with E-state index in [2.05, 4.69) is 0 Å². The van der Waals surface area contributed by atoms with E-state index in [1.54, 1.807) is 42.7 Å². The molecule has 0 aliphatic carbocycles. The Kier molecular flexibility index (Phi) is 5.08. The highest BCUT2D eigenvalue weighted by Crippen LogP contribution is 2.38. The van der Waals surface area contributed by atoms with Gasteiger partial charge in [0, 0.05) is 21.0 Å².